The molecule has 0 spiro atoms. The quantitative estimate of drug-likeness (QED) is 0.716. The summed E-state index contributed by atoms with van der Waals surface area (Å²) >= 11 is 5.90. The van der Waals surface area contributed by atoms with E-state index in [9.17, 15) is 13.6 Å². The van der Waals surface area contributed by atoms with E-state index in [0.717, 1.165) is 17.3 Å². The third-order valence-corrected chi connectivity index (χ3v) is 3.89. The Hall–Kier alpha value is -2.73. The highest BCUT2D eigenvalue weighted by atomic mass is 35.5. The lowest BCUT2D eigenvalue weighted by Gasteiger charge is -2.11. The van der Waals surface area contributed by atoms with Crippen molar-refractivity contribution >= 4 is 23.2 Å². The fourth-order valence-electron chi connectivity index (χ4n) is 2.50. The number of halogens is 3. The predicted molar refractivity (Wildman–Crippen MR) is 93.0 cm³/mol. The van der Waals surface area contributed by atoms with Crippen LogP contribution < -0.4 is 5.32 Å². The molecule has 1 amide bonds. The molecule has 1 heterocycles. The smallest absolute Gasteiger partial charge is 0.276 e. The second-order valence-electron chi connectivity index (χ2n) is 5.41. The Labute approximate surface area is 148 Å². The van der Waals surface area contributed by atoms with Crippen molar-refractivity contribution in [2.45, 2.75) is 6.43 Å². The molecule has 0 radical (unpaired) electrons. The van der Waals surface area contributed by atoms with Gasteiger partial charge in [-0.2, -0.15) is 5.10 Å². The number of nitrogens with one attached hydrogen (secondary N) is 1. The van der Waals surface area contributed by atoms with Crippen LogP contribution in [0, 0.1) is 0 Å². The summed E-state index contributed by atoms with van der Waals surface area (Å²) in [5.41, 5.74) is 1.41. The Morgan fingerprint density at radius 3 is 2.52 bits per heavy atom. The second-order valence-corrected chi connectivity index (χ2v) is 5.85. The number of aromatic nitrogens is 2. The van der Waals surface area contributed by atoms with Crippen LogP contribution in [0.2, 0.25) is 5.02 Å². The molecule has 7 heteroatoms. The molecular weight excluding hydrogens is 348 g/mol. The zero-order valence-corrected chi connectivity index (χ0v) is 14.0. The average Bonchev–Trinajstić information content (AvgIpc) is 2.99. The first-order chi connectivity index (χ1) is 12.0. The van der Waals surface area contributed by atoms with E-state index in [-0.39, 0.29) is 5.69 Å². The average molecular weight is 362 g/mol. The van der Waals surface area contributed by atoms with Crippen LogP contribution in [0.1, 0.15) is 22.5 Å². The van der Waals surface area contributed by atoms with E-state index in [1.165, 1.54) is 11.7 Å². The molecule has 3 rings (SSSR count). The van der Waals surface area contributed by atoms with Crippen LogP contribution in [-0.4, -0.2) is 15.7 Å². The zero-order valence-electron chi connectivity index (χ0n) is 13.2. The molecule has 0 unspecified atom stereocenters. The third kappa shape index (κ3) is 3.69. The summed E-state index contributed by atoms with van der Waals surface area (Å²) in [6.07, 6.45) is -1.63. The maximum absolute atomic E-state index is 13.1. The minimum absolute atomic E-state index is 0.289. The Kier molecular flexibility index (Phi) is 4.81. The number of amides is 1. The number of carbonyl (C=O) groups is 1. The number of anilines is 1. The van der Waals surface area contributed by atoms with Crippen molar-refractivity contribution in [2.24, 2.45) is 7.05 Å². The molecule has 3 aromatic rings. The number of nitrogens with zero attached hydrogens (tertiary/aromatic N) is 2. The van der Waals surface area contributed by atoms with Gasteiger partial charge >= 0.3 is 0 Å². The van der Waals surface area contributed by atoms with Gasteiger partial charge in [-0.15, -0.1) is 0 Å². The van der Waals surface area contributed by atoms with Crippen LogP contribution in [0.3, 0.4) is 0 Å². The lowest BCUT2D eigenvalue weighted by atomic mass is 10.0. The van der Waals surface area contributed by atoms with Gasteiger partial charge in [0.1, 0.15) is 0 Å². The summed E-state index contributed by atoms with van der Waals surface area (Å²) in [5.74, 6) is -0.683. The van der Waals surface area contributed by atoms with Crippen LogP contribution >= 0.6 is 11.6 Å². The van der Waals surface area contributed by atoms with Crippen molar-refractivity contribution in [2.75, 3.05) is 5.32 Å². The molecule has 25 heavy (non-hydrogen) atoms. The van der Waals surface area contributed by atoms with E-state index in [0.29, 0.717) is 10.7 Å². The molecule has 0 aliphatic heterocycles. The predicted octanol–water partition coefficient (Wildman–Crippen LogP) is 4.93. The summed E-state index contributed by atoms with van der Waals surface area (Å²) in [7, 11) is 1.49. The van der Waals surface area contributed by atoms with Crippen molar-refractivity contribution in [3.05, 3.63) is 71.0 Å². The number of carbonyl (C=O) groups excluding carboxylic acids is 1. The van der Waals surface area contributed by atoms with Gasteiger partial charge in [0.05, 0.1) is 5.56 Å². The number of para-hydroxylation sites is 1. The first kappa shape index (κ1) is 17.1. The first-order valence-electron chi connectivity index (χ1n) is 7.43. The van der Waals surface area contributed by atoms with Gasteiger partial charge in [0.2, 0.25) is 0 Å². The molecule has 0 saturated heterocycles. The summed E-state index contributed by atoms with van der Waals surface area (Å²) in [4.78, 5) is 12.4. The Morgan fingerprint density at radius 2 is 1.84 bits per heavy atom. The number of rotatable bonds is 4. The molecule has 128 valence electrons. The number of hydrogen-bond acceptors (Lipinski definition) is 2. The third-order valence-electron chi connectivity index (χ3n) is 3.64. The molecular formula is C18H14ClF2N3O. The number of alkyl halides is 2. The van der Waals surface area contributed by atoms with E-state index in [4.69, 9.17) is 11.6 Å². The summed E-state index contributed by atoms with van der Waals surface area (Å²) in [6.45, 7) is 0. The van der Waals surface area contributed by atoms with E-state index >= 15 is 0 Å². The van der Waals surface area contributed by atoms with Gasteiger partial charge in [-0.05, 0) is 23.8 Å². The van der Waals surface area contributed by atoms with Crippen molar-refractivity contribution in [3.8, 4) is 11.1 Å². The van der Waals surface area contributed by atoms with Gasteiger partial charge in [0, 0.05) is 29.5 Å². The highest BCUT2D eigenvalue weighted by Gasteiger charge is 2.23. The molecule has 0 bridgehead atoms. The Bertz CT molecular complexity index is 907. The molecule has 0 fully saturated rings. The molecule has 4 nitrogen and oxygen atoms in total. The zero-order chi connectivity index (χ0) is 18.0. The van der Waals surface area contributed by atoms with Crippen LogP contribution in [0.25, 0.3) is 11.1 Å². The van der Waals surface area contributed by atoms with Crippen molar-refractivity contribution < 1.29 is 13.6 Å². The van der Waals surface area contributed by atoms with Gasteiger partial charge in [0.15, 0.2) is 5.69 Å². The number of hydrogen-bond donors (Lipinski definition) is 1. The van der Waals surface area contributed by atoms with Gasteiger partial charge in [0.25, 0.3) is 12.3 Å². The van der Waals surface area contributed by atoms with E-state index in [2.05, 4.69) is 10.4 Å². The van der Waals surface area contributed by atoms with Crippen LogP contribution in [0.15, 0.2) is 54.7 Å². The number of aryl methyl sites for hydroxylation is 1. The van der Waals surface area contributed by atoms with Crippen molar-refractivity contribution in [1.82, 2.24) is 9.78 Å². The van der Waals surface area contributed by atoms with Crippen LogP contribution in [0.4, 0.5) is 14.5 Å². The van der Waals surface area contributed by atoms with Crippen LogP contribution in [0.5, 0.6) is 0 Å². The summed E-state index contributed by atoms with van der Waals surface area (Å²) in [6, 6.07) is 14.2. The van der Waals surface area contributed by atoms with Gasteiger partial charge in [-0.1, -0.05) is 41.9 Å². The van der Waals surface area contributed by atoms with E-state index in [1.807, 2.05) is 24.3 Å². The standard InChI is InChI=1S/C18H14ClF2N3O/c1-24-10-14(17(20)21)16(23-24)18(25)22-15-5-3-2-4-13(15)11-6-8-12(19)9-7-11/h2-10,17H,1H3,(H,22,25). The van der Waals surface area contributed by atoms with E-state index in [1.54, 1.807) is 24.3 Å². The molecule has 1 N–H and O–H groups in total. The topological polar surface area (TPSA) is 46.9 Å². The minimum atomic E-state index is -2.78. The van der Waals surface area contributed by atoms with Crippen molar-refractivity contribution in [1.29, 1.82) is 0 Å². The molecule has 0 atom stereocenters. The Balaban J connectivity index is 1.94. The highest BCUT2D eigenvalue weighted by Crippen LogP contribution is 2.30. The van der Waals surface area contributed by atoms with E-state index < -0.39 is 17.9 Å². The van der Waals surface area contributed by atoms with Crippen molar-refractivity contribution in [3.63, 3.8) is 0 Å². The highest BCUT2D eigenvalue weighted by molar-refractivity contribution is 6.30. The fraction of sp³-hybridized carbons (Fsp3) is 0.111. The summed E-state index contributed by atoms with van der Waals surface area (Å²) < 4.78 is 27.3. The molecule has 2 aromatic carbocycles. The van der Waals surface area contributed by atoms with Gasteiger partial charge in [-0.3, -0.25) is 9.48 Å². The monoisotopic (exact) mass is 361 g/mol. The molecule has 0 aliphatic rings. The van der Waals surface area contributed by atoms with Crippen LogP contribution in [-0.2, 0) is 7.05 Å². The molecule has 0 aliphatic carbocycles. The first-order valence-corrected chi connectivity index (χ1v) is 7.81. The van der Waals surface area contributed by atoms with Gasteiger partial charge in [-0.25, -0.2) is 8.78 Å². The lowest BCUT2D eigenvalue weighted by Crippen LogP contribution is -2.15. The largest absolute Gasteiger partial charge is 0.320 e. The normalized spacial score (nSPS) is 10.9. The SMILES string of the molecule is Cn1cc(C(F)F)c(C(=O)Nc2ccccc2-c2ccc(Cl)cc2)n1. The Morgan fingerprint density at radius 1 is 1.16 bits per heavy atom. The maximum Gasteiger partial charge on any atom is 0.276 e. The molecule has 1 aromatic heterocycles. The lowest BCUT2D eigenvalue weighted by molar-refractivity contribution is 0.100. The van der Waals surface area contributed by atoms with Gasteiger partial charge < -0.3 is 5.32 Å². The maximum atomic E-state index is 13.1. The number of benzene rings is 2. The minimum Gasteiger partial charge on any atom is -0.320 e. The molecule has 0 saturated carbocycles. The summed E-state index contributed by atoms with van der Waals surface area (Å²) in [5, 5.41) is 7.11. The fourth-order valence-corrected chi connectivity index (χ4v) is 2.62. The second kappa shape index (κ2) is 7.03.